The zero-order valence-electron chi connectivity index (χ0n) is 17.9. The maximum absolute atomic E-state index is 13.2. The Bertz CT molecular complexity index is 925. The van der Waals surface area contributed by atoms with Crippen molar-refractivity contribution < 1.29 is 14.3 Å². The SMILES string of the molecule is O=C(NC1CC1)c1ccc(OCC2CCN(C(=O)C3(c4ccccc4)CC3)CC2)cc1. The molecule has 1 aliphatic heterocycles. The molecule has 5 heteroatoms. The third-order valence-corrected chi connectivity index (χ3v) is 6.90. The van der Waals surface area contributed by atoms with Gasteiger partial charge in [0.15, 0.2) is 0 Å². The predicted molar refractivity (Wildman–Crippen MR) is 119 cm³/mol. The summed E-state index contributed by atoms with van der Waals surface area (Å²) in [6, 6.07) is 18.0. The highest BCUT2D eigenvalue weighted by Crippen LogP contribution is 2.49. The van der Waals surface area contributed by atoms with Gasteiger partial charge < -0.3 is 15.0 Å². The monoisotopic (exact) mass is 418 g/mol. The molecule has 3 aliphatic rings. The molecule has 0 atom stereocenters. The average Bonchev–Trinajstić information content (AvgIpc) is 3.74. The van der Waals surface area contributed by atoms with Crippen LogP contribution in [-0.4, -0.2) is 42.5 Å². The Morgan fingerprint density at radius 3 is 2.23 bits per heavy atom. The van der Waals surface area contributed by atoms with Crippen LogP contribution < -0.4 is 10.1 Å². The summed E-state index contributed by atoms with van der Waals surface area (Å²) in [5.74, 6) is 1.55. The Labute approximate surface area is 183 Å². The molecule has 0 spiro atoms. The maximum atomic E-state index is 13.2. The van der Waals surface area contributed by atoms with Crippen LogP contribution >= 0.6 is 0 Å². The number of carbonyl (C=O) groups excluding carboxylic acids is 2. The summed E-state index contributed by atoms with van der Waals surface area (Å²) in [6.07, 6.45) is 6.05. The lowest BCUT2D eigenvalue weighted by Gasteiger charge is -2.34. The summed E-state index contributed by atoms with van der Waals surface area (Å²) in [4.78, 5) is 27.3. The first-order valence-electron chi connectivity index (χ1n) is 11.5. The summed E-state index contributed by atoms with van der Waals surface area (Å²) in [5, 5.41) is 3.00. The molecule has 1 saturated heterocycles. The van der Waals surface area contributed by atoms with Crippen LogP contribution in [0, 0.1) is 5.92 Å². The quantitative estimate of drug-likeness (QED) is 0.741. The van der Waals surface area contributed by atoms with E-state index in [1.807, 2.05) is 42.5 Å². The third-order valence-electron chi connectivity index (χ3n) is 6.90. The highest BCUT2D eigenvalue weighted by molar-refractivity contribution is 5.94. The normalized spacial score (nSPS) is 20.2. The molecule has 2 aromatic carbocycles. The molecule has 5 rings (SSSR count). The van der Waals surface area contributed by atoms with Gasteiger partial charge in [-0.2, -0.15) is 0 Å². The second-order valence-electron chi connectivity index (χ2n) is 9.27. The van der Waals surface area contributed by atoms with Crippen molar-refractivity contribution in [1.82, 2.24) is 10.2 Å². The molecular formula is C26H30N2O3. The molecule has 0 radical (unpaired) electrons. The van der Waals surface area contributed by atoms with Gasteiger partial charge in [-0.05, 0) is 74.3 Å². The largest absolute Gasteiger partial charge is 0.493 e. The van der Waals surface area contributed by atoms with E-state index in [9.17, 15) is 9.59 Å². The van der Waals surface area contributed by atoms with Crippen LogP contribution in [-0.2, 0) is 10.2 Å². The molecule has 0 bridgehead atoms. The minimum absolute atomic E-state index is 0.00461. The summed E-state index contributed by atoms with van der Waals surface area (Å²) in [7, 11) is 0. The van der Waals surface area contributed by atoms with Gasteiger partial charge in [-0.25, -0.2) is 0 Å². The Morgan fingerprint density at radius 1 is 0.935 bits per heavy atom. The number of benzene rings is 2. The van der Waals surface area contributed by atoms with E-state index >= 15 is 0 Å². The Kier molecular flexibility index (Phi) is 5.43. The number of piperidine rings is 1. The van der Waals surface area contributed by atoms with Crippen LogP contribution in [0.25, 0.3) is 0 Å². The first-order chi connectivity index (χ1) is 15.1. The van der Waals surface area contributed by atoms with Crippen LogP contribution in [0.1, 0.15) is 54.4 Å². The van der Waals surface area contributed by atoms with Crippen LogP contribution in [0.4, 0.5) is 0 Å². The smallest absolute Gasteiger partial charge is 0.251 e. The van der Waals surface area contributed by atoms with Crippen molar-refractivity contribution in [3.05, 3.63) is 65.7 Å². The number of nitrogens with zero attached hydrogens (tertiary/aromatic N) is 1. The fourth-order valence-corrected chi connectivity index (χ4v) is 4.53. The lowest BCUT2D eigenvalue weighted by atomic mass is 9.91. The number of hydrogen-bond acceptors (Lipinski definition) is 3. The lowest BCUT2D eigenvalue weighted by Crippen LogP contribution is -2.44. The van der Waals surface area contributed by atoms with Crippen molar-refractivity contribution in [3.63, 3.8) is 0 Å². The zero-order chi connectivity index (χ0) is 21.3. The molecule has 2 aromatic rings. The maximum Gasteiger partial charge on any atom is 0.251 e. The van der Waals surface area contributed by atoms with E-state index in [4.69, 9.17) is 4.74 Å². The first kappa shape index (κ1) is 20.1. The summed E-state index contributed by atoms with van der Waals surface area (Å²) >= 11 is 0. The average molecular weight is 419 g/mol. The third kappa shape index (κ3) is 4.46. The van der Waals surface area contributed by atoms with Crippen molar-refractivity contribution in [2.75, 3.05) is 19.7 Å². The van der Waals surface area contributed by atoms with Gasteiger partial charge in [0.2, 0.25) is 5.91 Å². The summed E-state index contributed by atoms with van der Waals surface area (Å²) in [5.41, 5.74) is 1.58. The zero-order valence-corrected chi connectivity index (χ0v) is 17.9. The highest BCUT2D eigenvalue weighted by Gasteiger charge is 2.53. The fourth-order valence-electron chi connectivity index (χ4n) is 4.53. The fraction of sp³-hybridized carbons (Fsp3) is 0.462. The summed E-state index contributed by atoms with van der Waals surface area (Å²) < 4.78 is 5.98. The van der Waals surface area contributed by atoms with Gasteiger partial charge in [-0.1, -0.05) is 30.3 Å². The van der Waals surface area contributed by atoms with E-state index in [-0.39, 0.29) is 11.3 Å². The van der Waals surface area contributed by atoms with Crippen molar-refractivity contribution in [1.29, 1.82) is 0 Å². The van der Waals surface area contributed by atoms with Crippen molar-refractivity contribution in [3.8, 4) is 5.75 Å². The van der Waals surface area contributed by atoms with Crippen LogP contribution in [0.15, 0.2) is 54.6 Å². The minimum Gasteiger partial charge on any atom is -0.493 e. The second-order valence-corrected chi connectivity index (χ2v) is 9.27. The topological polar surface area (TPSA) is 58.6 Å². The van der Waals surface area contributed by atoms with Gasteiger partial charge in [0.05, 0.1) is 12.0 Å². The molecule has 0 unspecified atom stereocenters. The van der Waals surface area contributed by atoms with Crippen molar-refractivity contribution >= 4 is 11.8 Å². The number of ether oxygens (including phenoxy) is 1. The Morgan fingerprint density at radius 2 is 1.61 bits per heavy atom. The number of carbonyl (C=O) groups is 2. The minimum atomic E-state index is -0.266. The van der Waals surface area contributed by atoms with Gasteiger partial charge in [0.25, 0.3) is 5.91 Å². The number of rotatable bonds is 7. The molecule has 2 saturated carbocycles. The van der Waals surface area contributed by atoms with Crippen LogP contribution in [0.2, 0.25) is 0 Å². The van der Waals surface area contributed by atoms with Gasteiger partial charge in [0, 0.05) is 24.7 Å². The molecule has 2 aliphatic carbocycles. The van der Waals surface area contributed by atoms with E-state index in [1.165, 1.54) is 5.56 Å². The number of amides is 2. The van der Waals surface area contributed by atoms with E-state index in [2.05, 4.69) is 22.3 Å². The Hall–Kier alpha value is -2.82. The van der Waals surface area contributed by atoms with Crippen molar-refractivity contribution in [2.45, 2.75) is 50.0 Å². The van der Waals surface area contributed by atoms with Gasteiger partial charge in [-0.3, -0.25) is 9.59 Å². The van der Waals surface area contributed by atoms with Crippen LogP contribution in [0.3, 0.4) is 0 Å². The molecule has 1 heterocycles. The van der Waals surface area contributed by atoms with Gasteiger partial charge >= 0.3 is 0 Å². The molecule has 3 fully saturated rings. The number of likely N-dealkylation sites (tertiary alicyclic amines) is 1. The van der Waals surface area contributed by atoms with E-state index in [0.29, 0.717) is 30.0 Å². The van der Waals surface area contributed by atoms with Gasteiger partial charge in [0.1, 0.15) is 5.75 Å². The molecular weight excluding hydrogens is 388 g/mol. The highest BCUT2D eigenvalue weighted by atomic mass is 16.5. The van der Waals surface area contributed by atoms with E-state index in [0.717, 1.165) is 57.4 Å². The molecule has 31 heavy (non-hydrogen) atoms. The van der Waals surface area contributed by atoms with Gasteiger partial charge in [-0.15, -0.1) is 0 Å². The molecule has 162 valence electrons. The number of hydrogen-bond donors (Lipinski definition) is 1. The van der Waals surface area contributed by atoms with Crippen molar-refractivity contribution in [2.24, 2.45) is 5.92 Å². The lowest BCUT2D eigenvalue weighted by molar-refractivity contribution is -0.135. The molecule has 2 amide bonds. The van der Waals surface area contributed by atoms with E-state index < -0.39 is 0 Å². The molecule has 1 N–H and O–H groups in total. The standard InChI is InChI=1S/C26H30N2O3/c29-24(27-22-8-9-22)20-6-10-23(11-7-20)31-18-19-12-16-28(17-13-19)25(30)26(14-15-26)21-4-2-1-3-5-21/h1-7,10-11,19,22H,8-9,12-18H2,(H,27,29). The van der Waals surface area contributed by atoms with Crippen LogP contribution in [0.5, 0.6) is 5.75 Å². The predicted octanol–water partition coefficient (Wildman–Crippen LogP) is 3.93. The first-order valence-corrected chi connectivity index (χ1v) is 11.5. The number of nitrogens with one attached hydrogen (secondary N) is 1. The van der Waals surface area contributed by atoms with E-state index in [1.54, 1.807) is 0 Å². The summed E-state index contributed by atoms with van der Waals surface area (Å²) in [6.45, 7) is 2.27. The molecule has 5 nitrogen and oxygen atoms in total. The second kappa shape index (κ2) is 8.37. The Balaban J connectivity index is 1.09. The molecule has 0 aromatic heterocycles.